The van der Waals surface area contributed by atoms with Gasteiger partial charge < -0.3 is 4.90 Å². The molecule has 0 N–H and O–H groups in total. The summed E-state index contributed by atoms with van der Waals surface area (Å²) >= 11 is 0. The molecule has 1 atom stereocenters. The molecule has 2 aromatic rings. The number of hydrogen-bond acceptors (Lipinski definition) is 3. The van der Waals surface area contributed by atoms with E-state index in [-0.39, 0.29) is 5.75 Å². The predicted octanol–water partition coefficient (Wildman–Crippen LogP) is 4.12. The Morgan fingerprint density at radius 2 is 1.60 bits per heavy atom. The summed E-state index contributed by atoms with van der Waals surface area (Å²) < 4.78 is 24.6. The van der Waals surface area contributed by atoms with Crippen molar-refractivity contribution in [2.45, 2.75) is 36.5 Å². The van der Waals surface area contributed by atoms with Gasteiger partial charge in [0.05, 0.1) is 10.6 Å². The SMILES string of the molecule is O=S(=O)(CCCCN1CCCC(c2ccccc2)C1)c1ccccc1. The maximum Gasteiger partial charge on any atom is 0.178 e. The monoisotopic (exact) mass is 357 g/mol. The van der Waals surface area contributed by atoms with Crippen LogP contribution in [0.2, 0.25) is 0 Å². The van der Waals surface area contributed by atoms with Gasteiger partial charge in [0.15, 0.2) is 9.84 Å². The molecular formula is C21H27NO2S. The summed E-state index contributed by atoms with van der Waals surface area (Å²) in [5.74, 6) is 0.857. The Labute approximate surface area is 151 Å². The average Bonchev–Trinajstić information content (AvgIpc) is 2.67. The van der Waals surface area contributed by atoms with Gasteiger partial charge in [-0.1, -0.05) is 48.5 Å². The molecule has 1 fully saturated rings. The van der Waals surface area contributed by atoms with Crippen LogP contribution < -0.4 is 0 Å². The Morgan fingerprint density at radius 1 is 0.920 bits per heavy atom. The summed E-state index contributed by atoms with van der Waals surface area (Å²) in [7, 11) is -3.14. The molecule has 1 heterocycles. The summed E-state index contributed by atoms with van der Waals surface area (Å²) in [5.41, 5.74) is 1.43. The molecule has 1 saturated heterocycles. The number of unbranched alkanes of at least 4 members (excludes halogenated alkanes) is 1. The zero-order valence-electron chi connectivity index (χ0n) is 14.7. The van der Waals surface area contributed by atoms with Gasteiger partial charge in [0, 0.05) is 6.54 Å². The standard InChI is InChI=1S/C21H27NO2S/c23-25(24,21-13-5-2-6-14-21)17-8-7-15-22-16-9-12-20(18-22)19-10-3-1-4-11-19/h1-6,10-11,13-14,20H,7-9,12,15-18H2. The van der Waals surface area contributed by atoms with Crippen molar-refractivity contribution in [2.24, 2.45) is 0 Å². The van der Waals surface area contributed by atoms with Crippen LogP contribution in [0.25, 0.3) is 0 Å². The van der Waals surface area contributed by atoms with Crippen LogP contribution >= 0.6 is 0 Å². The lowest BCUT2D eigenvalue weighted by Gasteiger charge is -2.33. The molecule has 0 saturated carbocycles. The van der Waals surface area contributed by atoms with Crippen molar-refractivity contribution in [2.75, 3.05) is 25.4 Å². The normalized spacial score (nSPS) is 19.0. The number of sulfone groups is 1. The second-order valence-corrected chi connectivity index (χ2v) is 9.00. The molecule has 1 aliphatic heterocycles. The summed E-state index contributed by atoms with van der Waals surface area (Å²) in [4.78, 5) is 2.94. The highest BCUT2D eigenvalue weighted by Crippen LogP contribution is 2.26. The first kappa shape index (κ1) is 18.2. The van der Waals surface area contributed by atoms with E-state index in [1.54, 1.807) is 24.3 Å². The lowest BCUT2D eigenvalue weighted by Crippen LogP contribution is -2.35. The van der Waals surface area contributed by atoms with Gasteiger partial charge in [-0.2, -0.15) is 0 Å². The molecule has 0 bridgehead atoms. The van der Waals surface area contributed by atoms with E-state index in [9.17, 15) is 8.42 Å². The molecule has 0 aromatic heterocycles. The first-order chi connectivity index (χ1) is 12.1. The molecule has 3 nitrogen and oxygen atoms in total. The van der Waals surface area contributed by atoms with E-state index in [1.165, 1.54) is 18.4 Å². The second kappa shape index (κ2) is 8.63. The summed E-state index contributed by atoms with van der Waals surface area (Å²) in [6.07, 6.45) is 4.14. The fourth-order valence-corrected chi connectivity index (χ4v) is 5.02. The van der Waals surface area contributed by atoms with Crippen molar-refractivity contribution in [3.8, 4) is 0 Å². The molecule has 0 radical (unpaired) electrons. The van der Waals surface area contributed by atoms with E-state index in [2.05, 4.69) is 35.2 Å². The van der Waals surface area contributed by atoms with Crippen LogP contribution in [0, 0.1) is 0 Å². The number of likely N-dealkylation sites (tertiary alicyclic amines) is 1. The number of nitrogens with zero attached hydrogens (tertiary/aromatic N) is 1. The Kier molecular flexibility index (Phi) is 6.27. The molecule has 0 aliphatic carbocycles. The van der Waals surface area contributed by atoms with Crippen molar-refractivity contribution in [3.63, 3.8) is 0 Å². The van der Waals surface area contributed by atoms with Crippen molar-refractivity contribution in [3.05, 3.63) is 66.2 Å². The van der Waals surface area contributed by atoms with E-state index >= 15 is 0 Å². The van der Waals surface area contributed by atoms with Gasteiger partial charge >= 0.3 is 0 Å². The van der Waals surface area contributed by atoms with Crippen molar-refractivity contribution < 1.29 is 8.42 Å². The summed E-state index contributed by atoms with van der Waals surface area (Å²) in [6, 6.07) is 19.5. The van der Waals surface area contributed by atoms with Crippen LogP contribution in [0.15, 0.2) is 65.6 Å². The highest BCUT2D eigenvalue weighted by molar-refractivity contribution is 7.91. The third kappa shape index (κ3) is 5.16. The molecule has 1 aliphatic rings. The van der Waals surface area contributed by atoms with Crippen LogP contribution in [-0.4, -0.2) is 38.7 Å². The smallest absolute Gasteiger partial charge is 0.178 e. The molecule has 3 rings (SSSR count). The topological polar surface area (TPSA) is 37.4 Å². The highest BCUT2D eigenvalue weighted by atomic mass is 32.2. The maximum absolute atomic E-state index is 12.3. The Balaban J connectivity index is 1.45. The quantitative estimate of drug-likeness (QED) is 0.700. The van der Waals surface area contributed by atoms with Crippen LogP contribution in [0.3, 0.4) is 0 Å². The molecule has 4 heteroatoms. The molecule has 25 heavy (non-hydrogen) atoms. The average molecular weight is 358 g/mol. The lowest BCUT2D eigenvalue weighted by molar-refractivity contribution is 0.205. The number of piperidine rings is 1. The zero-order valence-corrected chi connectivity index (χ0v) is 15.5. The zero-order chi connectivity index (χ0) is 17.5. The molecular weight excluding hydrogens is 330 g/mol. The van der Waals surface area contributed by atoms with E-state index in [4.69, 9.17) is 0 Å². The fourth-order valence-electron chi connectivity index (χ4n) is 3.63. The first-order valence-electron chi connectivity index (χ1n) is 9.20. The highest BCUT2D eigenvalue weighted by Gasteiger charge is 2.21. The van der Waals surface area contributed by atoms with Crippen molar-refractivity contribution in [1.82, 2.24) is 4.90 Å². The Bertz CT molecular complexity index is 744. The van der Waals surface area contributed by atoms with Crippen LogP contribution in [0.5, 0.6) is 0 Å². The van der Waals surface area contributed by atoms with E-state index < -0.39 is 9.84 Å². The first-order valence-corrected chi connectivity index (χ1v) is 10.9. The maximum atomic E-state index is 12.3. The second-order valence-electron chi connectivity index (χ2n) is 6.89. The van der Waals surface area contributed by atoms with Gasteiger partial charge in [-0.3, -0.25) is 0 Å². The molecule has 2 aromatic carbocycles. The largest absolute Gasteiger partial charge is 0.303 e. The number of benzene rings is 2. The third-order valence-corrected chi connectivity index (χ3v) is 6.83. The Hall–Kier alpha value is -1.65. The van der Waals surface area contributed by atoms with Gasteiger partial charge in [-0.05, 0) is 62.4 Å². The minimum atomic E-state index is -3.14. The van der Waals surface area contributed by atoms with E-state index in [0.717, 1.165) is 32.5 Å². The molecule has 134 valence electrons. The molecule has 0 amide bonds. The fraction of sp³-hybridized carbons (Fsp3) is 0.429. The Morgan fingerprint density at radius 3 is 2.32 bits per heavy atom. The number of hydrogen-bond donors (Lipinski definition) is 0. The predicted molar refractivity (Wildman–Crippen MR) is 103 cm³/mol. The van der Waals surface area contributed by atoms with Gasteiger partial charge in [-0.25, -0.2) is 8.42 Å². The molecule has 0 spiro atoms. The number of rotatable bonds is 7. The van der Waals surface area contributed by atoms with Crippen LogP contribution in [-0.2, 0) is 9.84 Å². The lowest BCUT2D eigenvalue weighted by atomic mass is 9.90. The van der Waals surface area contributed by atoms with E-state index in [1.807, 2.05) is 6.07 Å². The van der Waals surface area contributed by atoms with Crippen molar-refractivity contribution >= 4 is 9.84 Å². The van der Waals surface area contributed by atoms with Crippen LogP contribution in [0.4, 0.5) is 0 Å². The van der Waals surface area contributed by atoms with E-state index in [0.29, 0.717) is 10.8 Å². The van der Waals surface area contributed by atoms with Gasteiger partial charge in [-0.15, -0.1) is 0 Å². The summed E-state index contributed by atoms with van der Waals surface area (Å²) in [6.45, 7) is 3.22. The van der Waals surface area contributed by atoms with Gasteiger partial charge in [0.25, 0.3) is 0 Å². The minimum Gasteiger partial charge on any atom is -0.303 e. The van der Waals surface area contributed by atoms with Gasteiger partial charge in [0.2, 0.25) is 0 Å². The van der Waals surface area contributed by atoms with Gasteiger partial charge in [0.1, 0.15) is 0 Å². The summed E-state index contributed by atoms with van der Waals surface area (Å²) in [5, 5.41) is 0. The van der Waals surface area contributed by atoms with Crippen molar-refractivity contribution in [1.29, 1.82) is 0 Å². The molecule has 1 unspecified atom stereocenters. The third-order valence-electron chi connectivity index (χ3n) is 5.02. The van der Waals surface area contributed by atoms with Crippen LogP contribution in [0.1, 0.15) is 37.2 Å². The minimum absolute atomic E-state index is 0.243.